The number of benzene rings is 3. The molecule has 0 fully saturated rings. The number of hydrogen-bond acceptors (Lipinski definition) is 4. The largest absolute Gasteiger partial charge is 0.453 e. The summed E-state index contributed by atoms with van der Waals surface area (Å²) in [4.78, 5) is 0. The number of hydrogen-bond donors (Lipinski definition) is 2. The highest BCUT2D eigenvalue weighted by Gasteiger charge is 2.47. The number of anilines is 2. The molecule has 0 amide bonds. The van der Waals surface area contributed by atoms with Gasteiger partial charge in [-0.1, -0.05) is 0 Å². The minimum Gasteiger partial charge on any atom is -0.453 e. The zero-order chi connectivity index (χ0) is 26.5. The smallest absolute Gasteiger partial charge is 0.422 e. The Bertz CT molecular complexity index is 1210. The summed E-state index contributed by atoms with van der Waals surface area (Å²) in [5.74, 6) is -15.0. The third kappa shape index (κ3) is 5.12. The molecule has 0 aliphatic carbocycles. The lowest BCUT2D eigenvalue weighted by atomic mass is 10.1. The maximum Gasteiger partial charge on any atom is 0.422 e. The summed E-state index contributed by atoms with van der Waals surface area (Å²) >= 11 is 0. The first kappa shape index (κ1) is 25.7. The van der Waals surface area contributed by atoms with Crippen molar-refractivity contribution in [2.24, 2.45) is 0 Å². The second-order valence-corrected chi connectivity index (χ2v) is 6.74. The van der Waals surface area contributed by atoms with E-state index in [2.05, 4.69) is 9.47 Å². The third-order valence-corrected chi connectivity index (χ3v) is 4.30. The fourth-order valence-electron chi connectivity index (χ4n) is 2.78. The van der Waals surface area contributed by atoms with Gasteiger partial charge in [-0.05, 0) is 0 Å². The van der Waals surface area contributed by atoms with Crippen molar-refractivity contribution in [1.82, 2.24) is 0 Å². The summed E-state index contributed by atoms with van der Waals surface area (Å²) in [5.41, 5.74) is 3.41. The highest BCUT2D eigenvalue weighted by Crippen LogP contribution is 2.50. The van der Waals surface area contributed by atoms with Crippen LogP contribution in [0.15, 0.2) is 30.3 Å². The van der Waals surface area contributed by atoms with Crippen molar-refractivity contribution in [3.05, 3.63) is 70.5 Å². The van der Waals surface area contributed by atoms with E-state index in [9.17, 15) is 48.3 Å². The molecule has 188 valence electrons. The van der Waals surface area contributed by atoms with Crippen molar-refractivity contribution in [2.75, 3.05) is 11.5 Å². The zero-order valence-corrected chi connectivity index (χ0v) is 16.5. The van der Waals surface area contributed by atoms with Crippen LogP contribution in [0.4, 0.5) is 59.7 Å². The van der Waals surface area contributed by atoms with E-state index in [1.807, 2.05) is 0 Å². The van der Waals surface area contributed by atoms with Gasteiger partial charge in [0, 0.05) is 30.3 Å². The molecule has 0 saturated heterocycles. The summed E-state index contributed by atoms with van der Waals surface area (Å²) in [5, 5.41) is 0. The molecule has 15 heteroatoms. The molecular weight excluding hydrogens is 509 g/mol. The molecule has 4 nitrogen and oxygen atoms in total. The number of nitrogens with two attached hydrogens (primary N) is 2. The van der Waals surface area contributed by atoms with Crippen LogP contribution in [0.3, 0.4) is 0 Å². The molecule has 0 unspecified atom stereocenters. The fraction of sp³-hybridized carbons (Fsp3) is 0.100. The zero-order valence-electron chi connectivity index (χ0n) is 16.5. The standard InChI is InChI=1S/C20H9F11N2O2/c21-6-1-8(23)12(3-10(6)32)34-14-5-15(35-13-4-11(33)7(22)2-9(13)24)17(20(29,30)31)18(25)16(14)19(26,27)28/h1-5H,32-33H2. The first-order valence-electron chi connectivity index (χ1n) is 8.86. The topological polar surface area (TPSA) is 70.5 Å². The van der Waals surface area contributed by atoms with Gasteiger partial charge in [0.05, 0.1) is 11.4 Å². The maximum atomic E-state index is 14.7. The van der Waals surface area contributed by atoms with E-state index in [0.29, 0.717) is 12.1 Å². The summed E-state index contributed by atoms with van der Waals surface area (Å²) < 4.78 is 160. The monoisotopic (exact) mass is 518 g/mol. The van der Waals surface area contributed by atoms with Crippen LogP contribution in [0.2, 0.25) is 0 Å². The molecule has 3 rings (SSSR count). The SMILES string of the molecule is Nc1cc(Oc2cc(Oc3cc(N)c(F)cc3F)c(C(F)(F)F)c(F)c2C(F)(F)F)c(F)cc1F. The van der Waals surface area contributed by atoms with Crippen molar-refractivity contribution in [2.45, 2.75) is 12.4 Å². The van der Waals surface area contributed by atoms with Crippen molar-refractivity contribution < 1.29 is 57.8 Å². The van der Waals surface area contributed by atoms with Gasteiger partial charge in [-0.3, -0.25) is 0 Å². The van der Waals surface area contributed by atoms with Gasteiger partial charge in [0.15, 0.2) is 29.0 Å². The second kappa shape index (κ2) is 8.70. The molecule has 0 aromatic heterocycles. The highest BCUT2D eigenvalue weighted by atomic mass is 19.4. The summed E-state index contributed by atoms with van der Waals surface area (Å²) in [6.45, 7) is 0. The minimum atomic E-state index is -5.84. The van der Waals surface area contributed by atoms with E-state index in [1.165, 1.54) is 0 Å². The Morgan fingerprint density at radius 2 is 0.829 bits per heavy atom. The molecule has 3 aromatic rings. The van der Waals surface area contributed by atoms with E-state index in [0.717, 1.165) is 0 Å². The predicted octanol–water partition coefficient (Wildman–Crippen LogP) is 7.17. The lowest BCUT2D eigenvalue weighted by Crippen LogP contribution is -2.18. The Morgan fingerprint density at radius 1 is 0.486 bits per heavy atom. The summed E-state index contributed by atoms with van der Waals surface area (Å²) in [6.07, 6.45) is -11.7. The molecule has 0 spiro atoms. The van der Waals surface area contributed by atoms with Crippen LogP contribution in [0.1, 0.15) is 11.1 Å². The Balaban J connectivity index is 2.30. The molecule has 4 N–H and O–H groups in total. The van der Waals surface area contributed by atoms with E-state index < -0.39 is 86.9 Å². The second-order valence-electron chi connectivity index (χ2n) is 6.74. The molecule has 35 heavy (non-hydrogen) atoms. The Hall–Kier alpha value is -3.91. The van der Waals surface area contributed by atoms with Gasteiger partial charge in [-0.25, -0.2) is 22.0 Å². The van der Waals surface area contributed by atoms with Gasteiger partial charge < -0.3 is 20.9 Å². The van der Waals surface area contributed by atoms with E-state index in [-0.39, 0.29) is 18.2 Å². The van der Waals surface area contributed by atoms with Crippen LogP contribution in [0, 0.1) is 29.1 Å². The number of ether oxygens (including phenoxy) is 2. The van der Waals surface area contributed by atoms with Gasteiger partial charge in [0.25, 0.3) is 0 Å². The predicted molar refractivity (Wildman–Crippen MR) is 98.1 cm³/mol. The van der Waals surface area contributed by atoms with Crippen LogP contribution < -0.4 is 20.9 Å². The molecule has 0 radical (unpaired) electrons. The van der Waals surface area contributed by atoms with Crippen LogP contribution >= 0.6 is 0 Å². The van der Waals surface area contributed by atoms with Crippen LogP contribution in [-0.4, -0.2) is 0 Å². The Labute approximate surface area is 187 Å². The van der Waals surface area contributed by atoms with E-state index in [1.54, 1.807) is 0 Å². The van der Waals surface area contributed by atoms with Crippen LogP contribution in [-0.2, 0) is 12.4 Å². The quantitative estimate of drug-likeness (QED) is 0.284. The highest BCUT2D eigenvalue weighted by molar-refractivity contribution is 5.55. The fourth-order valence-corrected chi connectivity index (χ4v) is 2.78. The average Bonchev–Trinajstić information content (AvgIpc) is 2.68. The van der Waals surface area contributed by atoms with Crippen molar-refractivity contribution in [1.29, 1.82) is 0 Å². The first-order chi connectivity index (χ1) is 16.0. The molecule has 0 atom stereocenters. The van der Waals surface area contributed by atoms with Crippen molar-refractivity contribution in [3.8, 4) is 23.0 Å². The van der Waals surface area contributed by atoms with Gasteiger partial charge in [0.1, 0.15) is 34.3 Å². The van der Waals surface area contributed by atoms with Gasteiger partial charge >= 0.3 is 12.4 Å². The van der Waals surface area contributed by atoms with E-state index in [4.69, 9.17) is 11.5 Å². The lowest BCUT2D eigenvalue weighted by molar-refractivity contribution is -0.148. The first-order valence-corrected chi connectivity index (χ1v) is 8.86. The van der Waals surface area contributed by atoms with Crippen LogP contribution in [0.25, 0.3) is 0 Å². The minimum absolute atomic E-state index is 0.0897. The Kier molecular flexibility index (Phi) is 6.39. The normalized spacial score (nSPS) is 12.1. The molecule has 3 aromatic carbocycles. The molecule has 0 aliphatic heterocycles. The van der Waals surface area contributed by atoms with Crippen LogP contribution in [0.5, 0.6) is 23.0 Å². The molecule has 0 saturated carbocycles. The summed E-state index contributed by atoms with van der Waals surface area (Å²) in [6, 6.07) is 0.716. The molecular formula is C20H9F11N2O2. The molecule has 0 bridgehead atoms. The third-order valence-electron chi connectivity index (χ3n) is 4.30. The van der Waals surface area contributed by atoms with Crippen molar-refractivity contribution >= 4 is 11.4 Å². The lowest BCUT2D eigenvalue weighted by Gasteiger charge is -2.21. The average molecular weight is 518 g/mol. The summed E-state index contributed by atoms with van der Waals surface area (Å²) in [7, 11) is 0. The molecule has 0 aliphatic rings. The number of halogens is 11. The van der Waals surface area contributed by atoms with Gasteiger partial charge in [0.2, 0.25) is 0 Å². The number of rotatable bonds is 4. The van der Waals surface area contributed by atoms with Crippen molar-refractivity contribution in [3.63, 3.8) is 0 Å². The number of alkyl halides is 6. The van der Waals surface area contributed by atoms with Gasteiger partial charge in [-0.2, -0.15) is 26.3 Å². The van der Waals surface area contributed by atoms with E-state index >= 15 is 0 Å². The van der Waals surface area contributed by atoms with Gasteiger partial charge in [-0.15, -0.1) is 0 Å². The maximum absolute atomic E-state index is 14.7. The molecule has 0 heterocycles. The number of nitrogen functional groups attached to an aromatic ring is 2. The Morgan fingerprint density at radius 3 is 1.14 bits per heavy atom.